The largest absolute Gasteiger partial charge is 0.481 e. The van der Waals surface area contributed by atoms with Crippen molar-refractivity contribution in [1.29, 1.82) is 0 Å². The van der Waals surface area contributed by atoms with Gasteiger partial charge in [0.1, 0.15) is 5.76 Å². The van der Waals surface area contributed by atoms with Crippen LogP contribution >= 0.6 is 0 Å². The molecule has 0 amide bonds. The molecule has 0 fully saturated rings. The zero-order chi connectivity index (χ0) is 11.6. The fraction of sp³-hybridized carbons (Fsp3) is 0.500. The summed E-state index contributed by atoms with van der Waals surface area (Å²) in [5, 5.41) is 8.32. The van der Waals surface area contributed by atoms with Crippen LogP contribution in [0.25, 0.3) is 0 Å². The van der Waals surface area contributed by atoms with Gasteiger partial charge in [-0.3, -0.25) is 4.79 Å². The van der Waals surface area contributed by atoms with E-state index in [0.29, 0.717) is 0 Å². The van der Waals surface area contributed by atoms with Gasteiger partial charge in [-0.1, -0.05) is 0 Å². The van der Waals surface area contributed by atoms with E-state index in [0.717, 1.165) is 6.92 Å². The van der Waals surface area contributed by atoms with Crippen LogP contribution < -0.4 is 0 Å². The number of aryl methyl sites for hydroxylation is 2. The number of aromatic nitrogens is 1. The molecular formula is C8H8F3NO3. The molecule has 0 aliphatic carbocycles. The lowest BCUT2D eigenvalue weighted by Crippen LogP contribution is -2.07. The maximum absolute atomic E-state index is 12.2. The lowest BCUT2D eigenvalue weighted by Gasteiger charge is -2.00. The van der Waals surface area contributed by atoms with Crippen LogP contribution in [0.5, 0.6) is 0 Å². The van der Waals surface area contributed by atoms with Crippen LogP contribution in [0.2, 0.25) is 0 Å². The van der Waals surface area contributed by atoms with Crippen molar-refractivity contribution in [3.05, 3.63) is 17.3 Å². The molecule has 0 atom stereocenters. The molecule has 1 rings (SSSR count). The summed E-state index contributed by atoms with van der Waals surface area (Å²) in [6, 6.07) is 0. The monoisotopic (exact) mass is 223 g/mol. The second-order valence-electron chi connectivity index (χ2n) is 2.90. The van der Waals surface area contributed by atoms with Gasteiger partial charge in [0.25, 0.3) is 0 Å². The van der Waals surface area contributed by atoms with Crippen molar-refractivity contribution < 1.29 is 27.5 Å². The van der Waals surface area contributed by atoms with Crippen molar-refractivity contribution in [3.8, 4) is 0 Å². The summed E-state index contributed by atoms with van der Waals surface area (Å²) < 4.78 is 41.4. The number of rotatable bonds is 3. The molecule has 0 radical (unpaired) electrons. The summed E-state index contributed by atoms with van der Waals surface area (Å²) in [5.74, 6) is -1.66. The van der Waals surface area contributed by atoms with Crippen LogP contribution in [0.4, 0.5) is 13.2 Å². The van der Waals surface area contributed by atoms with E-state index >= 15 is 0 Å². The van der Waals surface area contributed by atoms with E-state index in [9.17, 15) is 18.0 Å². The van der Waals surface area contributed by atoms with E-state index in [1.165, 1.54) is 0 Å². The van der Waals surface area contributed by atoms with Crippen molar-refractivity contribution in [2.75, 3.05) is 0 Å². The number of carboxylic acids is 1. The standard InChI is InChI=1S/C8H8F3NO3/c1-4-7(8(9,10)11)12-5(15-4)2-3-6(13)14/h2-3H2,1H3,(H,13,14). The second-order valence-corrected chi connectivity index (χ2v) is 2.90. The van der Waals surface area contributed by atoms with Gasteiger partial charge in [-0.05, 0) is 6.92 Å². The highest BCUT2D eigenvalue weighted by Crippen LogP contribution is 2.31. The van der Waals surface area contributed by atoms with Gasteiger partial charge in [0.15, 0.2) is 11.6 Å². The first kappa shape index (κ1) is 11.5. The molecule has 0 saturated heterocycles. The number of halogens is 3. The molecule has 0 unspecified atom stereocenters. The summed E-state index contributed by atoms with van der Waals surface area (Å²) in [6.07, 6.45) is -5.02. The topological polar surface area (TPSA) is 63.3 Å². The molecule has 0 spiro atoms. The van der Waals surface area contributed by atoms with E-state index in [2.05, 4.69) is 4.98 Å². The molecule has 0 aliphatic heterocycles. The molecule has 7 heteroatoms. The quantitative estimate of drug-likeness (QED) is 0.851. The minimum absolute atomic E-state index is 0.147. The van der Waals surface area contributed by atoms with Crippen LogP contribution in [0.1, 0.15) is 23.8 Å². The summed E-state index contributed by atoms with van der Waals surface area (Å²) in [7, 11) is 0. The first-order chi connectivity index (χ1) is 6.80. The Kier molecular flexibility index (Phi) is 3.01. The SMILES string of the molecule is Cc1oc(CCC(=O)O)nc1C(F)(F)F. The third-order valence-electron chi connectivity index (χ3n) is 1.66. The van der Waals surface area contributed by atoms with Crippen molar-refractivity contribution in [2.45, 2.75) is 25.9 Å². The minimum atomic E-state index is -4.56. The van der Waals surface area contributed by atoms with Gasteiger partial charge in [0.2, 0.25) is 0 Å². The summed E-state index contributed by atoms with van der Waals surface area (Å²) in [5.41, 5.74) is -1.09. The Morgan fingerprint density at radius 1 is 1.53 bits per heavy atom. The molecule has 84 valence electrons. The molecule has 15 heavy (non-hydrogen) atoms. The fourth-order valence-electron chi connectivity index (χ4n) is 1.04. The van der Waals surface area contributed by atoms with Gasteiger partial charge in [-0.2, -0.15) is 13.2 Å². The predicted octanol–water partition coefficient (Wildman–Crippen LogP) is 2.02. The van der Waals surface area contributed by atoms with Gasteiger partial charge in [-0.25, -0.2) is 4.98 Å². The normalized spacial score (nSPS) is 11.7. The number of hydrogen-bond donors (Lipinski definition) is 1. The Balaban J connectivity index is 2.82. The fourth-order valence-corrected chi connectivity index (χ4v) is 1.04. The number of carbonyl (C=O) groups is 1. The lowest BCUT2D eigenvalue weighted by molar-refractivity contribution is -0.141. The van der Waals surface area contributed by atoms with Crippen LogP contribution in [0, 0.1) is 6.92 Å². The first-order valence-corrected chi connectivity index (χ1v) is 4.06. The third-order valence-corrected chi connectivity index (χ3v) is 1.66. The van der Waals surface area contributed by atoms with Crippen molar-refractivity contribution in [3.63, 3.8) is 0 Å². The lowest BCUT2D eigenvalue weighted by atomic mass is 10.3. The van der Waals surface area contributed by atoms with Crippen molar-refractivity contribution in [1.82, 2.24) is 4.98 Å². The molecule has 0 saturated carbocycles. The van der Waals surface area contributed by atoms with Crippen LogP contribution in [0.3, 0.4) is 0 Å². The molecule has 1 heterocycles. The summed E-state index contributed by atoms with van der Waals surface area (Å²) >= 11 is 0. The number of alkyl halides is 3. The number of oxazole rings is 1. The zero-order valence-corrected chi connectivity index (χ0v) is 7.76. The van der Waals surface area contributed by atoms with Crippen LogP contribution in [0.15, 0.2) is 4.42 Å². The number of hydrogen-bond acceptors (Lipinski definition) is 3. The smallest absolute Gasteiger partial charge is 0.436 e. The number of nitrogens with zero attached hydrogens (tertiary/aromatic N) is 1. The van der Waals surface area contributed by atoms with Crippen LogP contribution in [-0.4, -0.2) is 16.1 Å². The molecule has 0 bridgehead atoms. The maximum atomic E-state index is 12.2. The highest BCUT2D eigenvalue weighted by atomic mass is 19.4. The van der Waals surface area contributed by atoms with Crippen molar-refractivity contribution in [2.24, 2.45) is 0 Å². The molecule has 1 aromatic heterocycles. The first-order valence-electron chi connectivity index (χ1n) is 4.06. The Hall–Kier alpha value is -1.53. The molecule has 0 aliphatic rings. The van der Waals surface area contributed by atoms with E-state index in [1.807, 2.05) is 0 Å². The Labute approximate surface area is 82.7 Å². The predicted molar refractivity (Wildman–Crippen MR) is 42.2 cm³/mol. The molecule has 1 aromatic rings. The van der Waals surface area contributed by atoms with E-state index < -0.39 is 17.8 Å². The maximum Gasteiger partial charge on any atom is 0.436 e. The van der Waals surface area contributed by atoms with E-state index in [1.54, 1.807) is 0 Å². The van der Waals surface area contributed by atoms with Gasteiger partial charge < -0.3 is 9.52 Å². The average molecular weight is 223 g/mol. The minimum Gasteiger partial charge on any atom is -0.481 e. The summed E-state index contributed by atoms with van der Waals surface area (Å²) in [6.45, 7) is 1.14. The highest BCUT2D eigenvalue weighted by Gasteiger charge is 2.37. The number of carboxylic acid groups (broad SMARTS) is 1. The van der Waals surface area contributed by atoms with Crippen LogP contribution in [-0.2, 0) is 17.4 Å². The van der Waals surface area contributed by atoms with Gasteiger partial charge in [-0.15, -0.1) is 0 Å². The molecule has 4 nitrogen and oxygen atoms in total. The number of aliphatic carboxylic acids is 1. The second kappa shape index (κ2) is 3.92. The molecular weight excluding hydrogens is 215 g/mol. The van der Waals surface area contributed by atoms with E-state index in [4.69, 9.17) is 9.52 Å². The van der Waals surface area contributed by atoms with Gasteiger partial charge >= 0.3 is 12.1 Å². The zero-order valence-electron chi connectivity index (χ0n) is 7.76. The average Bonchev–Trinajstić information content (AvgIpc) is 2.42. The van der Waals surface area contributed by atoms with Gasteiger partial charge in [0, 0.05) is 6.42 Å². The van der Waals surface area contributed by atoms with Crippen molar-refractivity contribution >= 4 is 5.97 Å². The Morgan fingerprint density at radius 2 is 2.13 bits per heavy atom. The Bertz CT molecular complexity index is 370. The van der Waals surface area contributed by atoms with Gasteiger partial charge in [0.05, 0.1) is 6.42 Å². The van der Waals surface area contributed by atoms with E-state index in [-0.39, 0.29) is 24.5 Å². The highest BCUT2D eigenvalue weighted by molar-refractivity contribution is 5.66. The molecule has 0 aromatic carbocycles. The Morgan fingerprint density at radius 3 is 2.53 bits per heavy atom. The third kappa shape index (κ3) is 2.97. The summed E-state index contributed by atoms with van der Waals surface area (Å²) in [4.78, 5) is 13.4. The molecule has 1 N–H and O–H groups in total.